The maximum atomic E-state index is 6.67. The monoisotopic (exact) mass is 127 g/mol. The predicted molar refractivity (Wildman–Crippen MR) is 36.9 cm³/mol. The van der Waals surface area contributed by atoms with Gasteiger partial charge in [-0.1, -0.05) is 6.58 Å². The van der Waals surface area contributed by atoms with Gasteiger partial charge in [-0.2, -0.15) is 0 Å². The average molecular weight is 127 g/mol. The Morgan fingerprint density at radius 3 is 2.56 bits per heavy atom. The van der Waals surface area contributed by atoms with Crippen molar-refractivity contribution in [2.75, 3.05) is 0 Å². The molecule has 0 rings (SSSR count). The quantitative estimate of drug-likeness (QED) is 0.266. The summed E-state index contributed by atoms with van der Waals surface area (Å²) < 4.78 is 0. The molecular formula is C4H9N5. The summed E-state index contributed by atoms with van der Waals surface area (Å²) in [5.74, 6) is -0.171. The number of hydrogen-bond acceptors (Lipinski definition) is 2. The Labute approximate surface area is 53.0 Å². The predicted octanol–water partition coefficient (Wildman–Crippen LogP) is -1.07. The minimum absolute atomic E-state index is 0.0671. The Hall–Kier alpha value is -1.52. The largest absolute Gasteiger partial charge is 0.370 e. The van der Waals surface area contributed by atoms with Gasteiger partial charge in [0, 0.05) is 6.20 Å². The van der Waals surface area contributed by atoms with E-state index in [2.05, 4.69) is 16.9 Å². The molecule has 0 aromatic rings. The van der Waals surface area contributed by atoms with Crippen LogP contribution in [0, 0.1) is 5.41 Å². The molecule has 0 heterocycles. The van der Waals surface area contributed by atoms with E-state index >= 15 is 0 Å². The van der Waals surface area contributed by atoms with E-state index < -0.39 is 0 Å². The number of guanidine groups is 2. The van der Waals surface area contributed by atoms with Crippen LogP contribution in [0.25, 0.3) is 0 Å². The molecule has 0 aromatic carbocycles. The smallest absolute Gasteiger partial charge is 0.200 e. The molecule has 0 aromatic heterocycles. The topological polar surface area (TPSA) is 100 Å². The molecule has 5 nitrogen and oxygen atoms in total. The molecule has 0 bridgehead atoms. The second-order valence-corrected chi connectivity index (χ2v) is 1.24. The number of nitrogens with two attached hydrogens (primary N) is 2. The second-order valence-electron chi connectivity index (χ2n) is 1.24. The molecule has 0 aliphatic rings. The van der Waals surface area contributed by atoms with Gasteiger partial charge in [0.05, 0.1) is 0 Å². The summed E-state index contributed by atoms with van der Waals surface area (Å²) >= 11 is 0. The minimum Gasteiger partial charge on any atom is -0.370 e. The van der Waals surface area contributed by atoms with E-state index in [4.69, 9.17) is 16.9 Å². The zero-order valence-electron chi connectivity index (χ0n) is 4.89. The lowest BCUT2D eigenvalue weighted by Gasteiger charge is -1.98. The van der Waals surface area contributed by atoms with E-state index in [0.29, 0.717) is 0 Å². The summed E-state index contributed by atoms with van der Waals surface area (Å²) in [6.07, 6.45) is 1.26. The first-order chi connectivity index (χ1) is 4.16. The van der Waals surface area contributed by atoms with Crippen LogP contribution in [-0.4, -0.2) is 11.9 Å². The van der Waals surface area contributed by atoms with Crippen molar-refractivity contribution in [2.24, 2.45) is 16.5 Å². The summed E-state index contributed by atoms with van der Waals surface area (Å²) in [6, 6.07) is 0. The molecule has 50 valence electrons. The fraction of sp³-hybridized carbons (Fsp3) is 0. The normalized spacial score (nSPS) is 10.4. The number of nitrogens with one attached hydrogen (secondary N) is 2. The first-order valence-corrected chi connectivity index (χ1v) is 2.22. The van der Waals surface area contributed by atoms with Crippen LogP contribution in [0.15, 0.2) is 17.8 Å². The first kappa shape index (κ1) is 7.48. The van der Waals surface area contributed by atoms with Gasteiger partial charge in [-0.25, -0.2) is 4.99 Å². The SMILES string of the molecule is C=CN=C(N)NC(=N)N. The third kappa shape index (κ3) is 4.33. The van der Waals surface area contributed by atoms with Crippen LogP contribution < -0.4 is 16.8 Å². The zero-order valence-corrected chi connectivity index (χ0v) is 4.89. The Morgan fingerprint density at radius 2 is 2.22 bits per heavy atom. The molecule has 0 atom stereocenters. The van der Waals surface area contributed by atoms with Crippen LogP contribution >= 0.6 is 0 Å². The van der Waals surface area contributed by atoms with Crippen LogP contribution in [-0.2, 0) is 0 Å². The highest BCUT2D eigenvalue weighted by atomic mass is 15.2. The van der Waals surface area contributed by atoms with E-state index in [9.17, 15) is 0 Å². The number of nitrogens with zero attached hydrogens (tertiary/aromatic N) is 1. The highest BCUT2D eigenvalue weighted by Gasteiger charge is 1.87. The highest BCUT2D eigenvalue weighted by Crippen LogP contribution is 1.64. The van der Waals surface area contributed by atoms with Crippen molar-refractivity contribution < 1.29 is 0 Å². The Balaban J connectivity index is 3.75. The fourth-order valence-electron chi connectivity index (χ4n) is 0.269. The summed E-state index contributed by atoms with van der Waals surface area (Å²) in [6.45, 7) is 3.29. The van der Waals surface area contributed by atoms with Gasteiger partial charge < -0.3 is 11.5 Å². The van der Waals surface area contributed by atoms with Crippen LogP contribution in [0.5, 0.6) is 0 Å². The highest BCUT2D eigenvalue weighted by molar-refractivity contribution is 5.95. The minimum atomic E-state index is -0.238. The lowest BCUT2D eigenvalue weighted by atomic mass is 10.8. The zero-order chi connectivity index (χ0) is 7.28. The Kier molecular flexibility index (Phi) is 2.89. The fourth-order valence-corrected chi connectivity index (χ4v) is 0.269. The first-order valence-electron chi connectivity index (χ1n) is 2.22. The van der Waals surface area contributed by atoms with Gasteiger partial charge in [-0.05, 0) is 0 Å². The molecule has 0 radical (unpaired) electrons. The molecule has 5 heteroatoms. The summed E-state index contributed by atoms with van der Waals surface area (Å²) in [5, 5.41) is 8.94. The van der Waals surface area contributed by atoms with E-state index in [1.165, 1.54) is 6.20 Å². The number of hydrogen-bond donors (Lipinski definition) is 4. The van der Waals surface area contributed by atoms with Gasteiger partial charge >= 0.3 is 0 Å². The van der Waals surface area contributed by atoms with Gasteiger partial charge in [-0.3, -0.25) is 10.7 Å². The van der Waals surface area contributed by atoms with E-state index in [1.807, 2.05) is 0 Å². The summed E-state index contributed by atoms with van der Waals surface area (Å²) in [5.41, 5.74) is 10.0. The molecule has 0 aliphatic heterocycles. The number of aliphatic imine (C=N–C) groups is 1. The van der Waals surface area contributed by atoms with Crippen molar-refractivity contribution in [2.45, 2.75) is 0 Å². The van der Waals surface area contributed by atoms with Crippen molar-refractivity contribution in [3.63, 3.8) is 0 Å². The van der Waals surface area contributed by atoms with Crippen LogP contribution in [0.4, 0.5) is 0 Å². The maximum Gasteiger partial charge on any atom is 0.200 e. The molecule has 0 unspecified atom stereocenters. The summed E-state index contributed by atoms with van der Waals surface area (Å²) in [4.78, 5) is 3.49. The third-order valence-electron chi connectivity index (χ3n) is 0.493. The van der Waals surface area contributed by atoms with Gasteiger partial charge in [0.15, 0.2) is 11.9 Å². The van der Waals surface area contributed by atoms with Crippen molar-refractivity contribution in [3.8, 4) is 0 Å². The van der Waals surface area contributed by atoms with Crippen LogP contribution in [0.3, 0.4) is 0 Å². The molecule has 0 fully saturated rings. The Bertz CT molecular complexity index is 147. The van der Waals surface area contributed by atoms with E-state index in [0.717, 1.165) is 0 Å². The molecule has 6 N–H and O–H groups in total. The average Bonchev–Trinajstić information content (AvgIpc) is 1.63. The van der Waals surface area contributed by atoms with E-state index in [-0.39, 0.29) is 11.9 Å². The van der Waals surface area contributed by atoms with Gasteiger partial charge in [0.25, 0.3) is 0 Å². The maximum absolute atomic E-state index is 6.67. The van der Waals surface area contributed by atoms with Gasteiger partial charge in [0.2, 0.25) is 0 Å². The molecule has 9 heavy (non-hydrogen) atoms. The number of rotatable bonds is 1. The van der Waals surface area contributed by atoms with E-state index in [1.54, 1.807) is 0 Å². The van der Waals surface area contributed by atoms with Crippen molar-refractivity contribution in [1.82, 2.24) is 5.32 Å². The van der Waals surface area contributed by atoms with Crippen molar-refractivity contribution in [1.29, 1.82) is 5.41 Å². The van der Waals surface area contributed by atoms with Gasteiger partial charge in [0.1, 0.15) is 0 Å². The van der Waals surface area contributed by atoms with Crippen molar-refractivity contribution >= 4 is 11.9 Å². The molecule has 0 spiro atoms. The van der Waals surface area contributed by atoms with Crippen molar-refractivity contribution in [3.05, 3.63) is 12.8 Å². The Morgan fingerprint density at radius 1 is 1.67 bits per heavy atom. The lowest BCUT2D eigenvalue weighted by molar-refractivity contribution is 1.21. The summed E-state index contributed by atoms with van der Waals surface area (Å²) in [7, 11) is 0. The molecule has 0 aliphatic carbocycles. The lowest BCUT2D eigenvalue weighted by Crippen LogP contribution is -2.40. The molecular weight excluding hydrogens is 118 g/mol. The molecule has 0 saturated carbocycles. The third-order valence-corrected chi connectivity index (χ3v) is 0.493. The second kappa shape index (κ2) is 3.48. The molecule has 0 saturated heterocycles. The molecule has 0 amide bonds. The standard InChI is InChI=1S/C4H9N5/c1-2-8-4(7)9-3(5)6/h2H,1H2,(H6,5,6,7,8,9). The van der Waals surface area contributed by atoms with Crippen LogP contribution in [0.2, 0.25) is 0 Å². The van der Waals surface area contributed by atoms with Gasteiger partial charge in [-0.15, -0.1) is 0 Å². The van der Waals surface area contributed by atoms with Crippen LogP contribution in [0.1, 0.15) is 0 Å².